The lowest BCUT2D eigenvalue weighted by atomic mass is 10.2. The van der Waals surface area contributed by atoms with Crippen molar-refractivity contribution < 1.29 is 19.1 Å². The van der Waals surface area contributed by atoms with Gasteiger partial charge in [-0.25, -0.2) is 4.79 Å². The third-order valence-electron chi connectivity index (χ3n) is 2.30. The van der Waals surface area contributed by atoms with Gasteiger partial charge < -0.3 is 15.4 Å². The Morgan fingerprint density at radius 3 is 2.81 bits per heavy atom. The molecule has 1 aliphatic rings. The predicted molar refractivity (Wildman–Crippen MR) is 59.0 cm³/mol. The lowest BCUT2D eigenvalue weighted by Gasteiger charge is -2.16. The molecule has 90 valence electrons. The van der Waals surface area contributed by atoms with Gasteiger partial charge >= 0.3 is 5.97 Å². The second-order valence-electron chi connectivity index (χ2n) is 3.43. The van der Waals surface area contributed by atoms with Gasteiger partial charge in [-0.1, -0.05) is 0 Å². The number of nitrogens with one attached hydrogen (secondary N) is 2. The first-order chi connectivity index (χ1) is 7.58. The Bertz CT molecular complexity index is 308. The summed E-state index contributed by atoms with van der Waals surface area (Å²) in [6.45, 7) is 0. The molecular formula is C9H14N2O4S. The first-order valence-corrected chi connectivity index (χ1v) is 5.50. The Kier molecular flexibility index (Phi) is 4.60. The molecule has 7 heteroatoms. The summed E-state index contributed by atoms with van der Waals surface area (Å²) in [6, 6.07) is -1.34. The first kappa shape index (κ1) is 12.8. The molecule has 0 bridgehead atoms. The van der Waals surface area contributed by atoms with Gasteiger partial charge in [0.15, 0.2) is 0 Å². The number of ether oxygens (including phenoxy) is 1. The largest absolute Gasteiger partial charge is 0.467 e. The topological polar surface area (TPSA) is 84.5 Å². The number of esters is 1. The quantitative estimate of drug-likeness (QED) is 0.432. The zero-order chi connectivity index (χ0) is 12.1. The molecule has 0 aromatic rings. The maximum atomic E-state index is 11.6. The summed E-state index contributed by atoms with van der Waals surface area (Å²) < 4.78 is 4.50. The number of rotatable bonds is 4. The summed E-state index contributed by atoms with van der Waals surface area (Å²) in [5, 5.41) is 4.99. The summed E-state index contributed by atoms with van der Waals surface area (Å²) in [4.78, 5) is 33.7. The Morgan fingerprint density at radius 2 is 2.38 bits per heavy atom. The third kappa shape index (κ3) is 3.13. The SMILES string of the molecule is COC(=O)[C@H](CS)NC(=O)[C@H]1CCC(=O)N1. The number of carbonyl (C=O) groups is 3. The maximum absolute atomic E-state index is 11.6. The van der Waals surface area contributed by atoms with Gasteiger partial charge in [0, 0.05) is 12.2 Å². The first-order valence-electron chi connectivity index (χ1n) is 4.87. The average molecular weight is 246 g/mol. The van der Waals surface area contributed by atoms with Crippen molar-refractivity contribution in [3.05, 3.63) is 0 Å². The van der Waals surface area contributed by atoms with Gasteiger partial charge in [-0.05, 0) is 6.42 Å². The van der Waals surface area contributed by atoms with Gasteiger partial charge in [-0.3, -0.25) is 9.59 Å². The van der Waals surface area contributed by atoms with Crippen LogP contribution < -0.4 is 10.6 Å². The normalized spacial score (nSPS) is 21.1. The zero-order valence-corrected chi connectivity index (χ0v) is 9.75. The van der Waals surface area contributed by atoms with Crippen molar-refractivity contribution in [2.75, 3.05) is 12.9 Å². The van der Waals surface area contributed by atoms with E-state index in [1.807, 2.05) is 0 Å². The highest BCUT2D eigenvalue weighted by Crippen LogP contribution is 2.07. The fraction of sp³-hybridized carbons (Fsp3) is 0.667. The minimum absolute atomic E-state index is 0.152. The predicted octanol–water partition coefficient (Wildman–Crippen LogP) is -1.15. The molecule has 1 rings (SSSR count). The molecule has 2 atom stereocenters. The van der Waals surface area contributed by atoms with E-state index in [9.17, 15) is 14.4 Å². The third-order valence-corrected chi connectivity index (χ3v) is 2.66. The summed E-state index contributed by atoms with van der Waals surface area (Å²) >= 11 is 3.94. The zero-order valence-electron chi connectivity index (χ0n) is 8.86. The van der Waals surface area contributed by atoms with E-state index in [2.05, 4.69) is 28.0 Å². The van der Waals surface area contributed by atoms with Crippen LogP contribution in [-0.4, -0.2) is 42.7 Å². The van der Waals surface area contributed by atoms with Crippen LogP contribution in [0.4, 0.5) is 0 Å². The van der Waals surface area contributed by atoms with E-state index in [1.165, 1.54) is 7.11 Å². The van der Waals surface area contributed by atoms with Crippen molar-refractivity contribution in [2.45, 2.75) is 24.9 Å². The van der Waals surface area contributed by atoms with E-state index in [4.69, 9.17) is 0 Å². The van der Waals surface area contributed by atoms with E-state index in [-0.39, 0.29) is 17.6 Å². The van der Waals surface area contributed by atoms with Crippen molar-refractivity contribution in [3.63, 3.8) is 0 Å². The van der Waals surface area contributed by atoms with Crippen molar-refractivity contribution in [1.29, 1.82) is 0 Å². The smallest absolute Gasteiger partial charge is 0.329 e. The van der Waals surface area contributed by atoms with Crippen LogP contribution in [0.2, 0.25) is 0 Å². The highest BCUT2D eigenvalue weighted by Gasteiger charge is 2.30. The standard InChI is InChI=1S/C9H14N2O4S/c1-15-9(14)6(4-16)11-8(13)5-2-3-7(12)10-5/h5-6,16H,2-4H2,1H3,(H,10,12)(H,11,13)/t5-,6+/m1/s1. The van der Waals surface area contributed by atoms with E-state index >= 15 is 0 Å². The molecule has 2 N–H and O–H groups in total. The van der Waals surface area contributed by atoms with Crippen LogP contribution in [-0.2, 0) is 19.1 Å². The number of amides is 2. The maximum Gasteiger partial charge on any atom is 0.329 e. The lowest BCUT2D eigenvalue weighted by molar-refractivity contribution is -0.144. The molecule has 6 nitrogen and oxygen atoms in total. The summed E-state index contributed by atoms with van der Waals surface area (Å²) in [6.07, 6.45) is 0.785. The van der Waals surface area contributed by atoms with Crippen molar-refractivity contribution >= 4 is 30.4 Å². The molecule has 0 spiro atoms. The second kappa shape index (κ2) is 5.74. The van der Waals surface area contributed by atoms with E-state index in [0.717, 1.165) is 0 Å². The van der Waals surface area contributed by atoms with E-state index in [0.29, 0.717) is 12.8 Å². The highest BCUT2D eigenvalue weighted by molar-refractivity contribution is 7.80. The fourth-order valence-electron chi connectivity index (χ4n) is 1.40. The van der Waals surface area contributed by atoms with Crippen molar-refractivity contribution in [2.24, 2.45) is 0 Å². The summed E-state index contributed by atoms with van der Waals surface area (Å²) in [5.74, 6) is -0.928. The van der Waals surface area contributed by atoms with Gasteiger partial charge in [0.1, 0.15) is 12.1 Å². The molecule has 0 aromatic carbocycles. The minimum atomic E-state index is -0.779. The Labute approximate surface area is 98.5 Å². The van der Waals surface area contributed by atoms with Gasteiger partial charge in [0.25, 0.3) is 0 Å². The van der Waals surface area contributed by atoms with E-state index < -0.39 is 18.1 Å². The van der Waals surface area contributed by atoms with Crippen LogP contribution in [0.25, 0.3) is 0 Å². The molecule has 1 aliphatic heterocycles. The molecule has 0 unspecified atom stereocenters. The van der Waals surface area contributed by atoms with Crippen LogP contribution >= 0.6 is 12.6 Å². The van der Waals surface area contributed by atoms with E-state index in [1.54, 1.807) is 0 Å². The molecule has 16 heavy (non-hydrogen) atoms. The molecule has 2 amide bonds. The number of hydrogen-bond donors (Lipinski definition) is 3. The van der Waals surface area contributed by atoms with Crippen LogP contribution in [0.15, 0.2) is 0 Å². The number of hydrogen-bond acceptors (Lipinski definition) is 5. The second-order valence-corrected chi connectivity index (χ2v) is 3.79. The molecule has 0 saturated carbocycles. The number of thiol groups is 1. The van der Waals surface area contributed by atoms with Crippen LogP contribution in [0.1, 0.15) is 12.8 Å². The fourth-order valence-corrected chi connectivity index (χ4v) is 1.64. The Hall–Kier alpha value is -1.24. The molecule has 1 heterocycles. The van der Waals surface area contributed by atoms with Crippen molar-refractivity contribution in [1.82, 2.24) is 10.6 Å². The molecule has 1 fully saturated rings. The molecular weight excluding hydrogens is 232 g/mol. The molecule has 0 aliphatic carbocycles. The van der Waals surface area contributed by atoms with Gasteiger partial charge in [-0.15, -0.1) is 0 Å². The molecule has 0 radical (unpaired) electrons. The molecule has 1 saturated heterocycles. The Balaban J connectivity index is 2.49. The molecule has 0 aromatic heterocycles. The van der Waals surface area contributed by atoms with Gasteiger partial charge in [-0.2, -0.15) is 12.6 Å². The van der Waals surface area contributed by atoms with Crippen LogP contribution in [0.5, 0.6) is 0 Å². The monoisotopic (exact) mass is 246 g/mol. The Morgan fingerprint density at radius 1 is 1.69 bits per heavy atom. The number of carbonyl (C=O) groups excluding carboxylic acids is 3. The summed E-state index contributed by atoms with van der Waals surface area (Å²) in [7, 11) is 1.24. The van der Waals surface area contributed by atoms with Crippen LogP contribution in [0, 0.1) is 0 Å². The minimum Gasteiger partial charge on any atom is -0.467 e. The number of methoxy groups -OCH3 is 1. The van der Waals surface area contributed by atoms with Gasteiger partial charge in [0.2, 0.25) is 11.8 Å². The van der Waals surface area contributed by atoms with Gasteiger partial charge in [0.05, 0.1) is 7.11 Å². The lowest BCUT2D eigenvalue weighted by Crippen LogP contribution is -2.49. The average Bonchev–Trinajstić information content (AvgIpc) is 2.71. The summed E-state index contributed by atoms with van der Waals surface area (Å²) in [5.41, 5.74) is 0. The highest BCUT2D eigenvalue weighted by atomic mass is 32.1. The van der Waals surface area contributed by atoms with Crippen molar-refractivity contribution in [3.8, 4) is 0 Å². The van der Waals surface area contributed by atoms with Crippen LogP contribution in [0.3, 0.4) is 0 Å².